The van der Waals surface area contributed by atoms with Gasteiger partial charge in [-0.25, -0.2) is 0 Å². The highest BCUT2D eigenvalue weighted by molar-refractivity contribution is 5.69. The van der Waals surface area contributed by atoms with Gasteiger partial charge in [-0.3, -0.25) is 4.79 Å². The number of nitrogens with one attached hydrogen (secondary N) is 1. The summed E-state index contributed by atoms with van der Waals surface area (Å²) in [5.41, 5.74) is -0.674. The largest absolute Gasteiger partial charge is 0.490 e. The standard InChI is InChI=1S/C17H22F3NO3/c1-2-23-16(22)7-8-21-11-12-9-15(10-12)24-14-5-3-13(4-6-14)17(18,19)20/h3-6,12,15,21H,2,7-11H2,1H3/t12-,15-. The van der Waals surface area contributed by atoms with Crippen LogP contribution in [0.25, 0.3) is 0 Å². The van der Waals surface area contributed by atoms with Gasteiger partial charge in [-0.15, -0.1) is 0 Å². The van der Waals surface area contributed by atoms with Crippen molar-refractivity contribution < 1.29 is 27.4 Å². The minimum atomic E-state index is -4.32. The molecular weight excluding hydrogens is 323 g/mol. The van der Waals surface area contributed by atoms with Gasteiger partial charge in [0.15, 0.2) is 0 Å². The second kappa shape index (κ2) is 8.37. The van der Waals surface area contributed by atoms with Crippen LogP contribution >= 0.6 is 0 Å². The van der Waals surface area contributed by atoms with Crippen LogP contribution in [0.1, 0.15) is 31.7 Å². The molecule has 4 nitrogen and oxygen atoms in total. The minimum Gasteiger partial charge on any atom is -0.490 e. The highest BCUT2D eigenvalue weighted by atomic mass is 19.4. The molecule has 0 aliphatic heterocycles. The van der Waals surface area contributed by atoms with Crippen molar-refractivity contribution in [3.05, 3.63) is 29.8 Å². The maximum absolute atomic E-state index is 12.5. The molecule has 2 rings (SSSR count). The van der Waals surface area contributed by atoms with E-state index in [1.165, 1.54) is 12.1 Å². The Bertz CT molecular complexity index is 525. The number of halogens is 3. The second-order valence-electron chi connectivity index (χ2n) is 5.86. The van der Waals surface area contributed by atoms with E-state index in [9.17, 15) is 18.0 Å². The molecule has 0 atom stereocenters. The van der Waals surface area contributed by atoms with Crippen LogP contribution in [0.15, 0.2) is 24.3 Å². The molecule has 0 heterocycles. The quantitative estimate of drug-likeness (QED) is 0.579. The Morgan fingerprint density at radius 2 is 1.92 bits per heavy atom. The second-order valence-corrected chi connectivity index (χ2v) is 5.86. The third kappa shape index (κ3) is 5.70. The van der Waals surface area contributed by atoms with Gasteiger partial charge in [0.2, 0.25) is 0 Å². The smallest absolute Gasteiger partial charge is 0.416 e. The molecule has 1 saturated carbocycles. The number of benzene rings is 1. The monoisotopic (exact) mass is 345 g/mol. The van der Waals surface area contributed by atoms with Crippen molar-refractivity contribution in [2.24, 2.45) is 5.92 Å². The maximum atomic E-state index is 12.5. The zero-order valence-electron chi connectivity index (χ0n) is 13.6. The number of carbonyl (C=O) groups excluding carboxylic acids is 1. The van der Waals surface area contributed by atoms with E-state index < -0.39 is 11.7 Å². The lowest BCUT2D eigenvalue weighted by molar-refractivity contribution is -0.143. The van der Waals surface area contributed by atoms with E-state index >= 15 is 0 Å². The number of hydrogen-bond donors (Lipinski definition) is 1. The lowest BCUT2D eigenvalue weighted by Crippen LogP contribution is -2.40. The van der Waals surface area contributed by atoms with Crippen LogP contribution in [-0.2, 0) is 15.7 Å². The molecule has 1 fully saturated rings. The van der Waals surface area contributed by atoms with E-state index in [4.69, 9.17) is 9.47 Å². The van der Waals surface area contributed by atoms with Crippen LogP contribution in [0.2, 0.25) is 0 Å². The summed E-state index contributed by atoms with van der Waals surface area (Å²) in [6.07, 6.45) is -2.22. The van der Waals surface area contributed by atoms with E-state index in [1.807, 2.05) is 0 Å². The Balaban J connectivity index is 1.60. The Morgan fingerprint density at radius 3 is 2.50 bits per heavy atom. The normalized spacial score (nSPS) is 20.3. The van der Waals surface area contributed by atoms with Crippen LogP contribution in [-0.4, -0.2) is 31.8 Å². The summed E-state index contributed by atoms with van der Waals surface area (Å²) in [5.74, 6) is 0.718. The van der Waals surface area contributed by atoms with Crippen LogP contribution < -0.4 is 10.1 Å². The van der Waals surface area contributed by atoms with E-state index in [0.717, 1.165) is 31.5 Å². The van der Waals surface area contributed by atoms with Gasteiger partial charge in [0.05, 0.1) is 24.7 Å². The third-order valence-electron chi connectivity index (χ3n) is 3.92. The molecule has 0 saturated heterocycles. The topological polar surface area (TPSA) is 47.6 Å². The number of ether oxygens (including phenoxy) is 2. The van der Waals surface area contributed by atoms with Crippen molar-refractivity contribution >= 4 is 5.97 Å². The van der Waals surface area contributed by atoms with Crippen LogP contribution in [0.4, 0.5) is 13.2 Å². The van der Waals surface area contributed by atoms with Crippen molar-refractivity contribution in [3.63, 3.8) is 0 Å². The summed E-state index contributed by atoms with van der Waals surface area (Å²) in [6, 6.07) is 4.77. The average molecular weight is 345 g/mol. The number of esters is 1. The molecule has 134 valence electrons. The van der Waals surface area contributed by atoms with Gasteiger partial charge in [0, 0.05) is 6.54 Å². The lowest BCUT2D eigenvalue weighted by atomic mass is 9.82. The zero-order chi connectivity index (χ0) is 17.6. The molecule has 0 aromatic heterocycles. The summed E-state index contributed by atoms with van der Waals surface area (Å²) in [5, 5.41) is 3.20. The van der Waals surface area contributed by atoms with Crippen molar-refractivity contribution in [2.45, 2.75) is 38.5 Å². The number of hydrogen-bond acceptors (Lipinski definition) is 4. The summed E-state index contributed by atoms with van der Waals surface area (Å²) >= 11 is 0. The fourth-order valence-electron chi connectivity index (χ4n) is 2.58. The van der Waals surface area contributed by atoms with Gasteiger partial charge in [-0.05, 0) is 56.5 Å². The molecule has 0 unspecified atom stereocenters. The predicted octanol–water partition coefficient (Wildman–Crippen LogP) is 3.41. The fraction of sp³-hybridized carbons (Fsp3) is 0.588. The van der Waals surface area contributed by atoms with E-state index in [-0.39, 0.29) is 12.1 Å². The zero-order valence-corrected chi connectivity index (χ0v) is 13.6. The van der Waals surface area contributed by atoms with E-state index in [1.54, 1.807) is 6.92 Å². The first-order chi connectivity index (χ1) is 11.4. The van der Waals surface area contributed by atoms with Crippen LogP contribution in [0.3, 0.4) is 0 Å². The summed E-state index contributed by atoms with van der Waals surface area (Å²) < 4.78 is 47.9. The van der Waals surface area contributed by atoms with Crippen LogP contribution in [0.5, 0.6) is 5.75 Å². The first-order valence-corrected chi connectivity index (χ1v) is 8.08. The molecule has 0 bridgehead atoms. The van der Waals surface area contributed by atoms with Crippen molar-refractivity contribution in [2.75, 3.05) is 19.7 Å². The Hall–Kier alpha value is -1.76. The van der Waals surface area contributed by atoms with E-state index in [2.05, 4.69) is 5.32 Å². The number of carbonyl (C=O) groups is 1. The SMILES string of the molecule is CCOC(=O)CCNC[C@H]1C[C@H](Oc2ccc(C(F)(F)F)cc2)C1. The molecule has 1 N–H and O–H groups in total. The summed E-state index contributed by atoms with van der Waals surface area (Å²) in [7, 11) is 0. The van der Waals surface area contributed by atoms with Gasteiger partial charge in [0.1, 0.15) is 5.75 Å². The first kappa shape index (κ1) is 18.6. The molecule has 1 aliphatic rings. The highest BCUT2D eigenvalue weighted by Crippen LogP contribution is 2.33. The molecule has 0 radical (unpaired) electrons. The van der Waals surface area contributed by atoms with Gasteiger partial charge >= 0.3 is 12.1 Å². The molecule has 1 aromatic rings. The maximum Gasteiger partial charge on any atom is 0.416 e. The minimum absolute atomic E-state index is 0.0404. The molecular formula is C17H22F3NO3. The summed E-state index contributed by atoms with van der Waals surface area (Å²) in [6.45, 7) is 3.55. The fourth-order valence-corrected chi connectivity index (χ4v) is 2.58. The number of alkyl halides is 3. The van der Waals surface area contributed by atoms with Gasteiger partial charge < -0.3 is 14.8 Å². The molecule has 24 heavy (non-hydrogen) atoms. The summed E-state index contributed by atoms with van der Waals surface area (Å²) in [4.78, 5) is 11.2. The molecule has 0 amide bonds. The Kier molecular flexibility index (Phi) is 6.48. The first-order valence-electron chi connectivity index (χ1n) is 8.08. The van der Waals surface area contributed by atoms with Gasteiger partial charge in [-0.2, -0.15) is 13.2 Å². The molecule has 1 aliphatic carbocycles. The predicted molar refractivity (Wildman–Crippen MR) is 82.7 cm³/mol. The van der Waals surface area contributed by atoms with Crippen LogP contribution in [0, 0.1) is 5.92 Å². The molecule has 0 spiro atoms. The average Bonchev–Trinajstić information content (AvgIpc) is 2.48. The Morgan fingerprint density at radius 1 is 1.25 bits per heavy atom. The van der Waals surface area contributed by atoms with Crippen molar-refractivity contribution in [1.29, 1.82) is 0 Å². The van der Waals surface area contributed by atoms with Gasteiger partial charge in [0.25, 0.3) is 0 Å². The molecule has 7 heteroatoms. The number of rotatable bonds is 8. The lowest BCUT2D eigenvalue weighted by Gasteiger charge is -2.35. The van der Waals surface area contributed by atoms with Crippen molar-refractivity contribution in [3.8, 4) is 5.75 Å². The van der Waals surface area contributed by atoms with E-state index in [0.29, 0.717) is 31.2 Å². The highest BCUT2D eigenvalue weighted by Gasteiger charge is 2.32. The Labute approximate surface area is 139 Å². The molecule has 1 aromatic carbocycles. The van der Waals surface area contributed by atoms with Crippen molar-refractivity contribution in [1.82, 2.24) is 5.32 Å². The third-order valence-corrected chi connectivity index (χ3v) is 3.92. The van der Waals surface area contributed by atoms with Gasteiger partial charge in [-0.1, -0.05) is 0 Å².